The first-order valence-corrected chi connectivity index (χ1v) is 6.93. The van der Waals surface area contributed by atoms with Gasteiger partial charge in [-0.3, -0.25) is 4.79 Å². The summed E-state index contributed by atoms with van der Waals surface area (Å²) in [6.45, 7) is 7.20. The standard InChI is InChI=1S/C13H25NOS/c1-10(2)8-13(6-4-5-7-13)9-14-12(15)11(3)16/h10-11,16H,4-9H2,1-3H3,(H,14,15). The first-order valence-electron chi connectivity index (χ1n) is 6.41. The minimum atomic E-state index is -0.197. The number of nitrogens with one attached hydrogen (secondary N) is 1. The van der Waals surface area contributed by atoms with Gasteiger partial charge in [0.25, 0.3) is 0 Å². The summed E-state index contributed by atoms with van der Waals surface area (Å²) >= 11 is 4.15. The molecule has 1 unspecified atom stereocenters. The minimum Gasteiger partial charge on any atom is -0.355 e. The van der Waals surface area contributed by atoms with E-state index in [0.717, 1.165) is 6.54 Å². The molecule has 1 fully saturated rings. The molecule has 0 aliphatic heterocycles. The molecule has 1 amide bonds. The normalized spacial score (nSPS) is 21.1. The molecule has 94 valence electrons. The van der Waals surface area contributed by atoms with Gasteiger partial charge in [0.15, 0.2) is 0 Å². The molecule has 3 heteroatoms. The van der Waals surface area contributed by atoms with Crippen LogP contribution >= 0.6 is 12.6 Å². The summed E-state index contributed by atoms with van der Waals surface area (Å²) in [6, 6.07) is 0. The predicted octanol–water partition coefficient (Wildman–Crippen LogP) is 3.03. The Morgan fingerprint density at radius 2 is 1.88 bits per heavy atom. The van der Waals surface area contributed by atoms with Crippen molar-refractivity contribution in [2.75, 3.05) is 6.54 Å². The van der Waals surface area contributed by atoms with E-state index >= 15 is 0 Å². The van der Waals surface area contributed by atoms with E-state index in [1.807, 2.05) is 6.92 Å². The highest BCUT2D eigenvalue weighted by Crippen LogP contribution is 2.42. The van der Waals surface area contributed by atoms with Gasteiger partial charge in [-0.05, 0) is 37.5 Å². The maximum Gasteiger partial charge on any atom is 0.232 e. The van der Waals surface area contributed by atoms with E-state index < -0.39 is 0 Å². The van der Waals surface area contributed by atoms with Crippen LogP contribution in [0.1, 0.15) is 52.9 Å². The number of hydrogen-bond donors (Lipinski definition) is 2. The number of carbonyl (C=O) groups is 1. The van der Waals surface area contributed by atoms with Gasteiger partial charge in [-0.1, -0.05) is 26.7 Å². The topological polar surface area (TPSA) is 29.1 Å². The van der Waals surface area contributed by atoms with E-state index in [9.17, 15) is 4.79 Å². The molecule has 1 aliphatic carbocycles. The van der Waals surface area contributed by atoms with Crippen molar-refractivity contribution in [2.24, 2.45) is 11.3 Å². The first kappa shape index (κ1) is 13.9. The summed E-state index contributed by atoms with van der Waals surface area (Å²) in [6.07, 6.45) is 6.41. The average molecular weight is 243 g/mol. The van der Waals surface area contributed by atoms with E-state index in [-0.39, 0.29) is 11.2 Å². The smallest absolute Gasteiger partial charge is 0.232 e. The Morgan fingerprint density at radius 1 is 1.31 bits per heavy atom. The van der Waals surface area contributed by atoms with Gasteiger partial charge in [0.2, 0.25) is 5.91 Å². The van der Waals surface area contributed by atoms with Crippen LogP contribution < -0.4 is 5.32 Å². The van der Waals surface area contributed by atoms with Gasteiger partial charge in [0, 0.05) is 6.54 Å². The highest BCUT2D eigenvalue weighted by Gasteiger charge is 2.34. The lowest BCUT2D eigenvalue weighted by Gasteiger charge is -2.31. The summed E-state index contributed by atoms with van der Waals surface area (Å²) in [5, 5.41) is 2.86. The molecule has 0 radical (unpaired) electrons. The third-order valence-electron chi connectivity index (χ3n) is 3.52. The van der Waals surface area contributed by atoms with Crippen LogP contribution in [0.15, 0.2) is 0 Å². The van der Waals surface area contributed by atoms with E-state index in [1.54, 1.807) is 0 Å². The van der Waals surface area contributed by atoms with Crippen molar-refractivity contribution in [3.63, 3.8) is 0 Å². The molecule has 1 N–H and O–H groups in total. The molecule has 0 heterocycles. The Balaban J connectivity index is 2.48. The Morgan fingerprint density at radius 3 is 2.31 bits per heavy atom. The Bertz CT molecular complexity index is 232. The summed E-state index contributed by atoms with van der Waals surface area (Å²) in [7, 11) is 0. The highest BCUT2D eigenvalue weighted by molar-refractivity contribution is 7.81. The van der Waals surface area contributed by atoms with Crippen molar-refractivity contribution >= 4 is 18.5 Å². The number of carbonyl (C=O) groups excluding carboxylic acids is 1. The van der Waals surface area contributed by atoms with Crippen LogP contribution in [0.3, 0.4) is 0 Å². The molecule has 0 spiro atoms. The van der Waals surface area contributed by atoms with Crippen molar-refractivity contribution < 1.29 is 4.79 Å². The van der Waals surface area contributed by atoms with Crippen LogP contribution in [0.4, 0.5) is 0 Å². The monoisotopic (exact) mass is 243 g/mol. The van der Waals surface area contributed by atoms with Gasteiger partial charge in [-0.15, -0.1) is 0 Å². The quantitative estimate of drug-likeness (QED) is 0.714. The second kappa shape index (κ2) is 5.95. The van der Waals surface area contributed by atoms with Crippen molar-refractivity contribution in [3.8, 4) is 0 Å². The Labute approximate surface area is 105 Å². The summed E-state index contributed by atoms with van der Waals surface area (Å²) in [5.41, 5.74) is 0.368. The van der Waals surface area contributed by atoms with Gasteiger partial charge >= 0.3 is 0 Å². The number of rotatable bonds is 5. The van der Waals surface area contributed by atoms with E-state index in [2.05, 4.69) is 31.8 Å². The van der Waals surface area contributed by atoms with Crippen molar-refractivity contribution in [1.29, 1.82) is 0 Å². The molecule has 0 bridgehead atoms. The Hall–Kier alpha value is -0.180. The molecular weight excluding hydrogens is 218 g/mol. The van der Waals surface area contributed by atoms with Crippen LogP contribution in [0.25, 0.3) is 0 Å². The molecular formula is C13H25NOS. The van der Waals surface area contributed by atoms with Gasteiger partial charge in [-0.2, -0.15) is 12.6 Å². The molecule has 1 saturated carbocycles. The fraction of sp³-hybridized carbons (Fsp3) is 0.923. The largest absolute Gasteiger partial charge is 0.355 e. The van der Waals surface area contributed by atoms with E-state index in [4.69, 9.17) is 0 Å². The van der Waals surface area contributed by atoms with Crippen LogP contribution in [0, 0.1) is 11.3 Å². The third-order valence-corrected chi connectivity index (χ3v) is 3.76. The lowest BCUT2D eigenvalue weighted by molar-refractivity contribution is -0.120. The molecule has 1 atom stereocenters. The maximum absolute atomic E-state index is 11.5. The van der Waals surface area contributed by atoms with Crippen LogP contribution in [-0.4, -0.2) is 17.7 Å². The second-order valence-electron chi connectivity index (χ2n) is 5.70. The van der Waals surface area contributed by atoms with E-state index in [1.165, 1.54) is 32.1 Å². The molecule has 0 aromatic carbocycles. The zero-order chi connectivity index (χ0) is 12.2. The fourth-order valence-electron chi connectivity index (χ4n) is 2.87. The maximum atomic E-state index is 11.5. The highest BCUT2D eigenvalue weighted by atomic mass is 32.1. The summed E-state index contributed by atoms with van der Waals surface area (Å²) in [5.74, 6) is 0.779. The second-order valence-corrected chi connectivity index (χ2v) is 6.47. The van der Waals surface area contributed by atoms with Gasteiger partial charge < -0.3 is 5.32 Å². The van der Waals surface area contributed by atoms with Crippen LogP contribution in [0.2, 0.25) is 0 Å². The van der Waals surface area contributed by atoms with Crippen molar-refractivity contribution in [1.82, 2.24) is 5.32 Å². The number of thiol groups is 1. The molecule has 2 nitrogen and oxygen atoms in total. The van der Waals surface area contributed by atoms with Gasteiger partial charge in [-0.25, -0.2) is 0 Å². The minimum absolute atomic E-state index is 0.0679. The van der Waals surface area contributed by atoms with Crippen LogP contribution in [0.5, 0.6) is 0 Å². The van der Waals surface area contributed by atoms with Crippen molar-refractivity contribution in [2.45, 2.75) is 58.1 Å². The summed E-state index contributed by atoms with van der Waals surface area (Å²) < 4.78 is 0. The molecule has 1 rings (SSSR count). The average Bonchev–Trinajstić information content (AvgIpc) is 2.62. The fourth-order valence-corrected chi connectivity index (χ4v) is 2.96. The molecule has 0 aromatic heterocycles. The Kier molecular flexibility index (Phi) is 5.16. The lowest BCUT2D eigenvalue weighted by atomic mass is 9.78. The SMILES string of the molecule is CC(C)CC1(CNC(=O)C(C)S)CCCC1. The van der Waals surface area contributed by atoms with E-state index in [0.29, 0.717) is 11.3 Å². The van der Waals surface area contributed by atoms with Crippen LogP contribution in [-0.2, 0) is 4.79 Å². The molecule has 0 aromatic rings. The number of hydrogen-bond acceptors (Lipinski definition) is 2. The summed E-state index contributed by atoms with van der Waals surface area (Å²) in [4.78, 5) is 11.5. The molecule has 1 aliphatic rings. The number of amides is 1. The molecule has 16 heavy (non-hydrogen) atoms. The van der Waals surface area contributed by atoms with Gasteiger partial charge in [0.1, 0.15) is 0 Å². The zero-order valence-corrected chi connectivity index (χ0v) is 11.6. The van der Waals surface area contributed by atoms with Crippen molar-refractivity contribution in [3.05, 3.63) is 0 Å². The predicted molar refractivity (Wildman–Crippen MR) is 71.8 cm³/mol. The van der Waals surface area contributed by atoms with Gasteiger partial charge in [0.05, 0.1) is 5.25 Å². The molecule has 0 saturated heterocycles. The first-order chi connectivity index (χ1) is 7.45. The zero-order valence-electron chi connectivity index (χ0n) is 10.8. The third kappa shape index (κ3) is 4.00. The lowest BCUT2D eigenvalue weighted by Crippen LogP contribution is -2.39.